The van der Waals surface area contributed by atoms with E-state index >= 15 is 0 Å². The highest BCUT2D eigenvalue weighted by Gasteiger charge is 2.26. The van der Waals surface area contributed by atoms with Crippen LogP contribution in [0.4, 0.5) is 14.6 Å². The first-order valence-corrected chi connectivity index (χ1v) is 8.39. The number of para-hydroxylation sites is 1. The number of carboxylic acid groups (broad SMARTS) is 2. The number of hydrogen-bond acceptors (Lipinski definition) is 5. The Morgan fingerprint density at radius 3 is 2.20 bits per heavy atom. The number of nitrogen functional groups attached to an aromatic ring is 1. The van der Waals surface area contributed by atoms with Crippen LogP contribution in [0.25, 0.3) is 11.1 Å². The van der Waals surface area contributed by atoms with Gasteiger partial charge >= 0.3 is 11.9 Å². The van der Waals surface area contributed by atoms with Crippen LogP contribution < -0.4 is 16.0 Å². The van der Waals surface area contributed by atoms with Crippen molar-refractivity contribution in [1.29, 1.82) is 0 Å². The van der Waals surface area contributed by atoms with E-state index in [9.17, 15) is 33.4 Å². The molecule has 0 bridgehead atoms. The maximum atomic E-state index is 13.7. The number of H-pyrrole nitrogens is 1. The second kappa shape index (κ2) is 8.03. The number of aromatic carboxylic acids is 2. The van der Waals surface area contributed by atoms with Crippen molar-refractivity contribution in [2.75, 3.05) is 5.73 Å². The van der Waals surface area contributed by atoms with Crippen molar-refractivity contribution in [3.63, 3.8) is 0 Å². The highest BCUT2D eigenvalue weighted by Crippen LogP contribution is 2.30. The summed E-state index contributed by atoms with van der Waals surface area (Å²) in [5.41, 5.74) is 3.12. The third-order valence-electron chi connectivity index (χ3n) is 4.19. The molecule has 3 rings (SSSR count). The van der Waals surface area contributed by atoms with Crippen molar-refractivity contribution in [2.24, 2.45) is 0 Å². The molecule has 0 amide bonds. The lowest BCUT2D eigenvalue weighted by atomic mass is 9.94. The van der Waals surface area contributed by atoms with Gasteiger partial charge in [-0.25, -0.2) is 18.4 Å². The molecule has 0 saturated heterocycles. The first-order chi connectivity index (χ1) is 14.2. The number of pyridine rings is 1. The largest absolute Gasteiger partial charge is 0.483 e. The van der Waals surface area contributed by atoms with E-state index in [1.54, 1.807) is 0 Å². The highest BCUT2D eigenvalue weighted by molar-refractivity contribution is 6.07. The topological polar surface area (TPSA) is 143 Å². The molecule has 8 nitrogen and oxygen atoms in total. The minimum absolute atomic E-state index is 0.0534. The monoisotopic (exact) mass is 416 g/mol. The quantitative estimate of drug-likeness (QED) is 0.484. The molecular formula is C20H14F2N2O6. The molecule has 10 heteroatoms. The molecule has 0 saturated carbocycles. The number of ether oxygens (including phenoxy) is 1. The molecule has 1 heterocycles. The fraction of sp³-hybridized carbons (Fsp3) is 0.0500. The average molecular weight is 416 g/mol. The van der Waals surface area contributed by atoms with Crippen molar-refractivity contribution in [2.45, 2.75) is 6.61 Å². The van der Waals surface area contributed by atoms with Crippen molar-refractivity contribution in [3.05, 3.63) is 81.1 Å². The minimum Gasteiger partial charge on any atom is -0.483 e. The fourth-order valence-electron chi connectivity index (χ4n) is 2.93. The zero-order valence-electron chi connectivity index (χ0n) is 15.1. The van der Waals surface area contributed by atoms with Crippen molar-refractivity contribution < 1.29 is 33.3 Å². The van der Waals surface area contributed by atoms with E-state index in [1.807, 2.05) is 4.98 Å². The lowest BCUT2D eigenvalue weighted by molar-refractivity contribution is 0.0695. The maximum Gasteiger partial charge on any atom is 0.342 e. The summed E-state index contributed by atoms with van der Waals surface area (Å²) in [6, 6.07) is 8.89. The Hall–Kier alpha value is -4.21. The standard InChI is InChI=1S/C20H14F2N2O6/c21-11-5-2-6-12(22)16(11)30-8-9-3-1-4-10(7-9)13-14(19(26)27)17(23)24-18(25)15(13)20(28)29/h1-7H,8H2,(H,26,27)(H,28,29)(H3,23,24,25). The van der Waals surface area contributed by atoms with Crippen LogP contribution >= 0.6 is 0 Å². The first-order valence-electron chi connectivity index (χ1n) is 8.39. The molecule has 0 fully saturated rings. The van der Waals surface area contributed by atoms with E-state index in [4.69, 9.17) is 10.5 Å². The third kappa shape index (κ3) is 3.83. The van der Waals surface area contributed by atoms with E-state index in [2.05, 4.69) is 0 Å². The summed E-state index contributed by atoms with van der Waals surface area (Å²) >= 11 is 0. The molecule has 0 aliphatic heterocycles. The van der Waals surface area contributed by atoms with Gasteiger partial charge in [0.25, 0.3) is 5.56 Å². The van der Waals surface area contributed by atoms with E-state index in [0.717, 1.165) is 12.1 Å². The summed E-state index contributed by atoms with van der Waals surface area (Å²) in [6.45, 7) is -0.310. The van der Waals surface area contributed by atoms with Gasteiger partial charge in [-0.15, -0.1) is 0 Å². The number of carbonyl (C=O) groups is 2. The Balaban J connectivity index is 2.09. The van der Waals surface area contributed by atoms with Crippen molar-refractivity contribution in [3.8, 4) is 16.9 Å². The number of aromatic nitrogens is 1. The number of nitrogens with two attached hydrogens (primary N) is 1. The second-order valence-corrected chi connectivity index (χ2v) is 6.14. The number of rotatable bonds is 6. The van der Waals surface area contributed by atoms with Crippen LogP contribution in [0, 0.1) is 11.6 Å². The fourth-order valence-corrected chi connectivity index (χ4v) is 2.93. The summed E-state index contributed by atoms with van der Waals surface area (Å²) in [6.07, 6.45) is 0. The molecule has 30 heavy (non-hydrogen) atoms. The second-order valence-electron chi connectivity index (χ2n) is 6.14. The number of hydrogen-bond donors (Lipinski definition) is 4. The highest BCUT2D eigenvalue weighted by atomic mass is 19.1. The number of anilines is 1. The molecule has 1 aromatic heterocycles. The van der Waals surface area contributed by atoms with Gasteiger partial charge in [0.05, 0.1) is 0 Å². The zero-order valence-corrected chi connectivity index (χ0v) is 15.1. The van der Waals surface area contributed by atoms with Crippen LogP contribution in [0.3, 0.4) is 0 Å². The lowest BCUT2D eigenvalue weighted by Crippen LogP contribution is -2.24. The Bertz CT molecular complexity index is 1200. The van der Waals surface area contributed by atoms with Gasteiger partial charge in [-0.05, 0) is 29.3 Å². The Morgan fingerprint density at radius 1 is 1.00 bits per heavy atom. The lowest BCUT2D eigenvalue weighted by Gasteiger charge is -2.13. The Morgan fingerprint density at radius 2 is 1.60 bits per heavy atom. The number of nitrogens with one attached hydrogen (secondary N) is 1. The smallest absolute Gasteiger partial charge is 0.342 e. The van der Waals surface area contributed by atoms with Gasteiger partial charge < -0.3 is 25.7 Å². The maximum absolute atomic E-state index is 13.7. The summed E-state index contributed by atoms with van der Waals surface area (Å²) in [7, 11) is 0. The molecule has 2 aromatic carbocycles. The number of aromatic amines is 1. The summed E-state index contributed by atoms with van der Waals surface area (Å²) in [4.78, 5) is 37.4. The van der Waals surface area contributed by atoms with E-state index in [-0.39, 0.29) is 12.2 Å². The van der Waals surface area contributed by atoms with Crippen LogP contribution in [0.15, 0.2) is 47.3 Å². The van der Waals surface area contributed by atoms with Crippen LogP contribution in [-0.2, 0) is 6.61 Å². The van der Waals surface area contributed by atoms with Crippen molar-refractivity contribution in [1.82, 2.24) is 4.98 Å². The molecule has 154 valence electrons. The molecule has 0 unspecified atom stereocenters. The van der Waals surface area contributed by atoms with E-state index in [1.165, 1.54) is 30.3 Å². The third-order valence-corrected chi connectivity index (χ3v) is 4.19. The van der Waals surface area contributed by atoms with Gasteiger partial charge in [-0.3, -0.25) is 4.79 Å². The van der Waals surface area contributed by atoms with Gasteiger partial charge in [0.1, 0.15) is 23.6 Å². The van der Waals surface area contributed by atoms with Gasteiger partial charge in [0.15, 0.2) is 17.4 Å². The number of carboxylic acids is 2. The van der Waals surface area contributed by atoms with Crippen LogP contribution in [0.2, 0.25) is 0 Å². The predicted octanol–water partition coefficient (Wildman–Crippen LogP) is 2.88. The van der Waals surface area contributed by atoms with Crippen LogP contribution in [-0.4, -0.2) is 27.1 Å². The van der Waals surface area contributed by atoms with E-state index in [0.29, 0.717) is 5.56 Å². The first kappa shape index (κ1) is 20.5. The molecule has 0 atom stereocenters. The molecule has 0 spiro atoms. The normalized spacial score (nSPS) is 10.6. The van der Waals surface area contributed by atoms with Crippen LogP contribution in [0.1, 0.15) is 26.3 Å². The van der Waals surface area contributed by atoms with Gasteiger partial charge in [-0.1, -0.05) is 24.3 Å². The van der Waals surface area contributed by atoms with Gasteiger partial charge in [0, 0.05) is 5.56 Å². The molecule has 5 N–H and O–H groups in total. The van der Waals surface area contributed by atoms with Crippen molar-refractivity contribution >= 4 is 17.8 Å². The average Bonchev–Trinajstić information content (AvgIpc) is 2.66. The van der Waals surface area contributed by atoms with Gasteiger partial charge in [0.2, 0.25) is 0 Å². The summed E-state index contributed by atoms with van der Waals surface area (Å²) in [5, 5.41) is 18.9. The Labute approximate surface area is 167 Å². The van der Waals surface area contributed by atoms with Gasteiger partial charge in [-0.2, -0.15) is 0 Å². The summed E-state index contributed by atoms with van der Waals surface area (Å²) in [5.74, 6) is -6.12. The molecular weight excluding hydrogens is 402 g/mol. The van der Waals surface area contributed by atoms with Crippen LogP contribution in [0.5, 0.6) is 5.75 Å². The molecule has 3 aromatic rings. The molecule has 0 radical (unpaired) electrons. The Kier molecular flexibility index (Phi) is 5.50. The molecule has 0 aliphatic carbocycles. The molecule has 0 aliphatic rings. The van der Waals surface area contributed by atoms with E-state index < -0.39 is 57.4 Å². The predicted molar refractivity (Wildman–Crippen MR) is 102 cm³/mol. The SMILES string of the molecule is Nc1[nH]c(=O)c(C(=O)O)c(-c2cccc(COc3c(F)cccc3F)c2)c1C(=O)O. The number of benzene rings is 2. The minimum atomic E-state index is -1.65. The number of halogens is 2. The zero-order chi connectivity index (χ0) is 22.0. The summed E-state index contributed by atoms with van der Waals surface area (Å²) < 4.78 is 32.6.